The van der Waals surface area contributed by atoms with Gasteiger partial charge in [-0.15, -0.1) is 0 Å². The van der Waals surface area contributed by atoms with Crippen molar-refractivity contribution in [2.75, 3.05) is 16.6 Å². The summed E-state index contributed by atoms with van der Waals surface area (Å²) in [5.41, 5.74) is 2.65. The van der Waals surface area contributed by atoms with Crippen molar-refractivity contribution in [2.24, 2.45) is 0 Å². The molecule has 5 nitrogen and oxygen atoms in total. The average molecular weight is 265 g/mol. The third-order valence-corrected chi connectivity index (χ3v) is 4.51. The molecular formula is C12H15N3O2S. The molecule has 6 heteroatoms. The lowest BCUT2D eigenvalue weighted by Crippen LogP contribution is -2.24. The molecule has 0 fully saturated rings. The molecule has 0 aliphatic carbocycles. The van der Waals surface area contributed by atoms with Crippen LogP contribution in [-0.2, 0) is 16.4 Å². The molecule has 0 amide bonds. The maximum atomic E-state index is 11.7. The van der Waals surface area contributed by atoms with Crippen LogP contribution >= 0.6 is 0 Å². The Balaban J connectivity index is 2.23. The van der Waals surface area contributed by atoms with Gasteiger partial charge in [-0.05, 0) is 37.5 Å². The van der Waals surface area contributed by atoms with Crippen molar-refractivity contribution >= 4 is 21.4 Å². The Kier molecular flexibility index (Phi) is 3.43. The smallest absolute Gasteiger partial charge is 0.248 e. The third kappa shape index (κ3) is 2.57. The standard InChI is InChI=1S/C12H15N3O2S/c1-9(8-13)18(16,17)15-11-5-4-10-3-2-6-14-12(10)7-11/h4-5,7,9,14-15H,2-3,6H2,1H3. The highest BCUT2D eigenvalue weighted by molar-refractivity contribution is 7.93. The van der Waals surface area contributed by atoms with E-state index in [1.54, 1.807) is 18.2 Å². The summed E-state index contributed by atoms with van der Waals surface area (Å²) in [6.45, 7) is 2.26. The first-order valence-corrected chi connectivity index (χ1v) is 7.35. The Morgan fingerprint density at radius 2 is 2.28 bits per heavy atom. The Morgan fingerprint density at radius 3 is 3.00 bits per heavy atom. The lowest BCUT2D eigenvalue weighted by molar-refractivity contribution is 0.597. The van der Waals surface area contributed by atoms with E-state index in [1.807, 2.05) is 6.07 Å². The number of hydrogen-bond acceptors (Lipinski definition) is 4. The first-order valence-electron chi connectivity index (χ1n) is 5.81. The fraction of sp³-hybridized carbons (Fsp3) is 0.417. The van der Waals surface area contributed by atoms with E-state index < -0.39 is 15.3 Å². The number of nitrogens with zero attached hydrogens (tertiary/aromatic N) is 1. The Bertz CT molecular complexity index is 590. The highest BCUT2D eigenvalue weighted by atomic mass is 32.2. The second-order valence-electron chi connectivity index (χ2n) is 4.32. The summed E-state index contributed by atoms with van der Waals surface area (Å²) in [6.07, 6.45) is 2.09. The van der Waals surface area contributed by atoms with Gasteiger partial charge in [0.2, 0.25) is 10.0 Å². The molecule has 1 aliphatic rings. The normalized spacial score (nSPS) is 16.0. The molecule has 18 heavy (non-hydrogen) atoms. The fourth-order valence-corrected chi connectivity index (χ4v) is 2.62. The van der Waals surface area contributed by atoms with Crippen molar-refractivity contribution < 1.29 is 8.42 Å². The first-order chi connectivity index (χ1) is 8.53. The molecule has 1 atom stereocenters. The number of fused-ring (bicyclic) bond motifs is 1. The van der Waals surface area contributed by atoms with Gasteiger partial charge in [-0.3, -0.25) is 4.72 Å². The van der Waals surface area contributed by atoms with E-state index in [2.05, 4.69) is 10.0 Å². The van der Waals surface area contributed by atoms with E-state index in [1.165, 1.54) is 12.5 Å². The van der Waals surface area contributed by atoms with Crippen LogP contribution in [0.15, 0.2) is 18.2 Å². The zero-order valence-corrected chi connectivity index (χ0v) is 10.9. The van der Waals surface area contributed by atoms with E-state index in [9.17, 15) is 8.42 Å². The zero-order chi connectivity index (χ0) is 13.2. The summed E-state index contributed by atoms with van der Waals surface area (Å²) in [7, 11) is -3.63. The average Bonchev–Trinajstić information content (AvgIpc) is 2.37. The Labute approximate surface area is 107 Å². The second-order valence-corrected chi connectivity index (χ2v) is 6.32. The van der Waals surface area contributed by atoms with E-state index in [4.69, 9.17) is 5.26 Å². The third-order valence-electron chi connectivity index (χ3n) is 2.96. The van der Waals surface area contributed by atoms with Gasteiger partial charge in [0.1, 0.15) is 0 Å². The van der Waals surface area contributed by atoms with Crippen molar-refractivity contribution in [1.29, 1.82) is 5.26 Å². The van der Waals surface area contributed by atoms with Gasteiger partial charge < -0.3 is 5.32 Å². The summed E-state index contributed by atoms with van der Waals surface area (Å²) in [5, 5.41) is 10.8. The minimum absolute atomic E-state index is 0.491. The quantitative estimate of drug-likeness (QED) is 0.871. The number of benzene rings is 1. The van der Waals surface area contributed by atoms with Crippen molar-refractivity contribution in [1.82, 2.24) is 0 Å². The van der Waals surface area contributed by atoms with Crippen LogP contribution in [-0.4, -0.2) is 20.2 Å². The fourth-order valence-electron chi connectivity index (χ4n) is 1.85. The lowest BCUT2D eigenvalue weighted by Gasteiger charge is -2.19. The molecule has 0 radical (unpaired) electrons. The molecule has 1 aliphatic heterocycles. The van der Waals surface area contributed by atoms with Crippen LogP contribution in [0.25, 0.3) is 0 Å². The second kappa shape index (κ2) is 4.86. The monoisotopic (exact) mass is 265 g/mol. The molecule has 1 unspecified atom stereocenters. The van der Waals surface area contributed by atoms with E-state index in [-0.39, 0.29) is 0 Å². The molecule has 1 aromatic carbocycles. The van der Waals surface area contributed by atoms with Gasteiger partial charge >= 0.3 is 0 Å². The predicted octanol–water partition coefficient (Wildman–Crippen LogP) is 1.70. The molecule has 0 saturated heterocycles. The summed E-state index contributed by atoms with van der Waals surface area (Å²) in [4.78, 5) is 0. The number of anilines is 2. The SMILES string of the molecule is CC(C#N)S(=O)(=O)Nc1ccc2c(c1)NCCC2. The largest absolute Gasteiger partial charge is 0.385 e. The highest BCUT2D eigenvalue weighted by Gasteiger charge is 2.20. The summed E-state index contributed by atoms with van der Waals surface area (Å²) < 4.78 is 25.9. The summed E-state index contributed by atoms with van der Waals surface area (Å²) >= 11 is 0. The van der Waals surface area contributed by atoms with E-state index in [0.29, 0.717) is 5.69 Å². The topological polar surface area (TPSA) is 82.0 Å². The van der Waals surface area contributed by atoms with Gasteiger partial charge in [0.25, 0.3) is 0 Å². The molecule has 1 heterocycles. The molecule has 2 rings (SSSR count). The molecule has 2 N–H and O–H groups in total. The van der Waals surface area contributed by atoms with Gasteiger partial charge in [0.15, 0.2) is 5.25 Å². The number of rotatable bonds is 3. The van der Waals surface area contributed by atoms with Crippen LogP contribution in [0.5, 0.6) is 0 Å². The van der Waals surface area contributed by atoms with Gasteiger partial charge in [0.05, 0.1) is 11.8 Å². The summed E-state index contributed by atoms with van der Waals surface area (Å²) in [5.74, 6) is 0. The van der Waals surface area contributed by atoms with Crippen molar-refractivity contribution in [2.45, 2.75) is 25.0 Å². The van der Waals surface area contributed by atoms with Gasteiger partial charge in [-0.2, -0.15) is 5.26 Å². The van der Waals surface area contributed by atoms with Crippen LogP contribution < -0.4 is 10.0 Å². The number of nitrogens with one attached hydrogen (secondary N) is 2. The first kappa shape index (κ1) is 12.7. The molecule has 1 aromatic rings. The van der Waals surface area contributed by atoms with Crippen LogP contribution in [0.1, 0.15) is 18.9 Å². The predicted molar refractivity (Wildman–Crippen MR) is 70.9 cm³/mol. The van der Waals surface area contributed by atoms with E-state index >= 15 is 0 Å². The van der Waals surface area contributed by atoms with Gasteiger partial charge in [-0.25, -0.2) is 8.42 Å². The van der Waals surface area contributed by atoms with E-state index in [0.717, 1.165) is 25.1 Å². The van der Waals surface area contributed by atoms with Gasteiger partial charge in [0, 0.05) is 12.2 Å². The minimum Gasteiger partial charge on any atom is -0.385 e. The zero-order valence-electron chi connectivity index (χ0n) is 10.1. The molecule has 0 spiro atoms. The molecule has 96 valence electrons. The van der Waals surface area contributed by atoms with Gasteiger partial charge in [-0.1, -0.05) is 6.07 Å². The Hall–Kier alpha value is -1.74. The van der Waals surface area contributed by atoms with Crippen LogP contribution in [0.3, 0.4) is 0 Å². The van der Waals surface area contributed by atoms with Crippen molar-refractivity contribution in [3.63, 3.8) is 0 Å². The van der Waals surface area contributed by atoms with Crippen molar-refractivity contribution in [3.05, 3.63) is 23.8 Å². The number of hydrogen-bond donors (Lipinski definition) is 2. The number of sulfonamides is 1. The van der Waals surface area contributed by atoms with Crippen molar-refractivity contribution in [3.8, 4) is 6.07 Å². The maximum Gasteiger partial charge on any atom is 0.248 e. The van der Waals surface area contributed by atoms with Crippen LogP contribution in [0, 0.1) is 11.3 Å². The molecule has 0 saturated carbocycles. The molecular weight excluding hydrogens is 250 g/mol. The lowest BCUT2D eigenvalue weighted by atomic mass is 10.0. The number of aryl methyl sites for hydroxylation is 1. The highest BCUT2D eigenvalue weighted by Crippen LogP contribution is 2.26. The van der Waals surface area contributed by atoms with Crippen LogP contribution in [0.4, 0.5) is 11.4 Å². The molecule has 0 aromatic heterocycles. The maximum absolute atomic E-state index is 11.7. The Morgan fingerprint density at radius 1 is 1.50 bits per heavy atom. The summed E-state index contributed by atoms with van der Waals surface area (Å²) in [6, 6.07) is 7.14. The molecule has 0 bridgehead atoms. The van der Waals surface area contributed by atoms with Crippen LogP contribution in [0.2, 0.25) is 0 Å². The minimum atomic E-state index is -3.63. The number of nitriles is 1.